The summed E-state index contributed by atoms with van der Waals surface area (Å²) in [5.74, 6) is -2.33. The van der Waals surface area contributed by atoms with E-state index in [-0.39, 0.29) is 22.6 Å². The maximum Gasteiger partial charge on any atom is 0.416 e. The molecule has 0 saturated carbocycles. The zero-order chi connectivity index (χ0) is 29.9. The van der Waals surface area contributed by atoms with Crippen LogP contribution >= 0.6 is 11.8 Å². The Kier molecular flexibility index (Phi) is 8.68. The van der Waals surface area contributed by atoms with Gasteiger partial charge in [0.15, 0.2) is 11.6 Å². The third-order valence-electron chi connectivity index (χ3n) is 6.40. The van der Waals surface area contributed by atoms with Crippen molar-refractivity contribution < 1.29 is 26.7 Å². The minimum absolute atomic E-state index is 0.170. The van der Waals surface area contributed by atoms with Crippen LogP contribution in [0.25, 0.3) is 16.0 Å². The number of hydrogen-bond donors (Lipinski definition) is 0. The Bertz CT molecular complexity index is 1740. The molecule has 0 aliphatic carbocycles. The van der Waals surface area contributed by atoms with Crippen LogP contribution in [0.15, 0.2) is 81.2 Å². The second-order valence-corrected chi connectivity index (χ2v) is 10.1. The Hall–Kier alpha value is -4.37. The van der Waals surface area contributed by atoms with Crippen molar-refractivity contribution in [3.05, 3.63) is 121 Å². The van der Waals surface area contributed by atoms with E-state index in [9.17, 15) is 27.2 Å². The van der Waals surface area contributed by atoms with Crippen LogP contribution in [0.1, 0.15) is 16.8 Å². The minimum atomic E-state index is -4.93. The standard InChI is InChI=1S/C29H23F5N3O3S/c1-17-25(19-11-7-14-23(40-3)26(19)31)27(38)37(16-24(35-2)41-18-9-5-4-6-10-18)28(39)36(17)15-20-21(29(32,33)34)12-8-13-22(20)30/h2,4-14,24H,15-16H2,1,3H3/q+1/t24-/m1/s1. The van der Waals surface area contributed by atoms with E-state index in [1.807, 2.05) is 0 Å². The molecule has 0 aliphatic rings. The molecule has 41 heavy (non-hydrogen) atoms. The van der Waals surface area contributed by atoms with Crippen molar-refractivity contribution in [2.75, 3.05) is 7.11 Å². The van der Waals surface area contributed by atoms with Gasteiger partial charge in [-0.05, 0) is 49.0 Å². The molecule has 0 radical (unpaired) electrons. The van der Waals surface area contributed by atoms with Gasteiger partial charge >= 0.3 is 17.2 Å². The normalized spacial score (nSPS) is 12.1. The second-order valence-electron chi connectivity index (χ2n) is 8.87. The van der Waals surface area contributed by atoms with Crippen molar-refractivity contribution in [2.24, 2.45) is 0 Å². The van der Waals surface area contributed by atoms with Gasteiger partial charge in [-0.1, -0.05) is 41.2 Å². The van der Waals surface area contributed by atoms with Crippen LogP contribution in [0.4, 0.5) is 22.0 Å². The predicted molar refractivity (Wildman–Crippen MR) is 147 cm³/mol. The fourth-order valence-corrected chi connectivity index (χ4v) is 5.30. The summed E-state index contributed by atoms with van der Waals surface area (Å²) in [7, 11) is 1.22. The van der Waals surface area contributed by atoms with Crippen LogP contribution in [0.2, 0.25) is 0 Å². The van der Waals surface area contributed by atoms with Crippen molar-refractivity contribution in [3.8, 4) is 23.4 Å². The van der Waals surface area contributed by atoms with Gasteiger partial charge in [0.05, 0.1) is 24.8 Å². The summed E-state index contributed by atoms with van der Waals surface area (Å²) in [6, 6.07) is 15.3. The summed E-state index contributed by atoms with van der Waals surface area (Å²) >= 11 is 1.13. The quantitative estimate of drug-likeness (QED) is 0.176. The fourth-order valence-electron chi connectivity index (χ4n) is 4.39. The van der Waals surface area contributed by atoms with Crippen LogP contribution in [0.3, 0.4) is 0 Å². The highest BCUT2D eigenvalue weighted by atomic mass is 32.2. The average molecular weight is 589 g/mol. The number of benzene rings is 3. The molecule has 0 saturated heterocycles. The smallest absolute Gasteiger partial charge is 0.416 e. The van der Waals surface area contributed by atoms with Gasteiger partial charge in [-0.3, -0.25) is 13.9 Å². The predicted octanol–water partition coefficient (Wildman–Crippen LogP) is 6.42. The highest BCUT2D eigenvalue weighted by Gasteiger charge is 2.35. The van der Waals surface area contributed by atoms with Crippen LogP contribution in [0.5, 0.6) is 5.75 Å². The summed E-state index contributed by atoms with van der Waals surface area (Å²) in [4.78, 5) is 31.9. The molecular formula is C29H23F5N3O3S+. The van der Waals surface area contributed by atoms with Crippen molar-refractivity contribution in [1.29, 1.82) is 0 Å². The number of ether oxygens (including phenoxy) is 1. The lowest BCUT2D eigenvalue weighted by molar-refractivity contribution is -0.138. The lowest BCUT2D eigenvalue weighted by Gasteiger charge is -2.20. The van der Waals surface area contributed by atoms with E-state index in [2.05, 4.69) is 4.85 Å². The van der Waals surface area contributed by atoms with Crippen molar-refractivity contribution >= 4 is 11.8 Å². The molecule has 4 aromatic rings. The third-order valence-corrected chi connectivity index (χ3v) is 7.49. The Balaban J connectivity index is 1.97. The number of rotatable bonds is 8. The van der Waals surface area contributed by atoms with E-state index in [1.54, 1.807) is 30.3 Å². The topological polar surface area (TPSA) is 57.6 Å². The van der Waals surface area contributed by atoms with Gasteiger partial charge in [-0.15, -0.1) is 0 Å². The molecule has 6 nitrogen and oxygen atoms in total. The second kappa shape index (κ2) is 12.0. The highest BCUT2D eigenvalue weighted by molar-refractivity contribution is 8.00. The van der Waals surface area contributed by atoms with Crippen LogP contribution in [0, 0.1) is 25.1 Å². The van der Waals surface area contributed by atoms with Crippen molar-refractivity contribution in [2.45, 2.75) is 36.5 Å². The molecule has 0 aliphatic heterocycles. The lowest BCUT2D eigenvalue weighted by atomic mass is 10.0. The minimum Gasteiger partial charge on any atom is -0.494 e. The maximum absolute atomic E-state index is 15.4. The first-order chi connectivity index (χ1) is 19.5. The molecule has 0 N–H and O–H groups in total. The maximum atomic E-state index is 15.4. The molecule has 1 aromatic heterocycles. The average Bonchev–Trinajstić information content (AvgIpc) is 2.94. The molecule has 212 valence electrons. The fraction of sp³-hybridized carbons (Fsp3) is 0.207. The highest BCUT2D eigenvalue weighted by Crippen LogP contribution is 2.34. The van der Waals surface area contributed by atoms with Crippen LogP contribution in [-0.2, 0) is 19.3 Å². The van der Waals surface area contributed by atoms with E-state index in [1.165, 1.54) is 32.2 Å². The number of alkyl halides is 3. The molecule has 12 heteroatoms. The Morgan fingerprint density at radius 2 is 1.66 bits per heavy atom. The molecule has 0 amide bonds. The molecule has 3 aromatic carbocycles. The van der Waals surface area contributed by atoms with E-state index in [0.29, 0.717) is 15.5 Å². The number of hydrogen-bond acceptors (Lipinski definition) is 4. The first-order valence-corrected chi connectivity index (χ1v) is 13.0. The Labute approximate surface area is 235 Å². The molecule has 1 atom stereocenters. The van der Waals surface area contributed by atoms with E-state index in [0.717, 1.165) is 28.5 Å². The van der Waals surface area contributed by atoms with Crippen LogP contribution in [-0.4, -0.2) is 21.6 Å². The number of thioether (sulfide) groups is 1. The van der Waals surface area contributed by atoms with Crippen molar-refractivity contribution in [3.63, 3.8) is 0 Å². The number of aromatic nitrogens is 2. The van der Waals surface area contributed by atoms with E-state index < -0.39 is 58.7 Å². The summed E-state index contributed by atoms with van der Waals surface area (Å²) < 4.78 is 78.1. The summed E-state index contributed by atoms with van der Waals surface area (Å²) in [6.45, 7) is 5.57. The molecular weight excluding hydrogens is 565 g/mol. The molecule has 0 unspecified atom stereocenters. The van der Waals surface area contributed by atoms with Gasteiger partial charge in [-0.2, -0.15) is 13.2 Å². The van der Waals surface area contributed by atoms with E-state index >= 15 is 4.39 Å². The SMILES string of the molecule is C#[N+][C@@H](Cn1c(=O)c(-c2cccc(OC)c2F)c(C)n(Cc2c(F)cccc2C(F)(F)F)c1=O)Sc1ccccc1. The van der Waals surface area contributed by atoms with E-state index in [4.69, 9.17) is 11.3 Å². The zero-order valence-electron chi connectivity index (χ0n) is 21.8. The first-order valence-electron chi connectivity index (χ1n) is 12.1. The largest absolute Gasteiger partial charge is 0.494 e. The van der Waals surface area contributed by atoms with Gasteiger partial charge in [0.1, 0.15) is 12.4 Å². The van der Waals surface area contributed by atoms with Crippen LogP contribution < -0.4 is 16.0 Å². The van der Waals surface area contributed by atoms with Crippen molar-refractivity contribution in [1.82, 2.24) is 9.13 Å². The van der Waals surface area contributed by atoms with Gasteiger partial charge < -0.3 is 4.74 Å². The number of halogens is 5. The Morgan fingerprint density at radius 3 is 2.29 bits per heavy atom. The molecule has 0 fully saturated rings. The Morgan fingerprint density at radius 1 is 0.976 bits per heavy atom. The van der Waals surface area contributed by atoms with Gasteiger partial charge in [0.2, 0.25) is 0 Å². The lowest BCUT2D eigenvalue weighted by Crippen LogP contribution is -2.44. The third kappa shape index (κ3) is 6.05. The van der Waals surface area contributed by atoms with Gasteiger partial charge in [0.25, 0.3) is 12.1 Å². The number of methoxy groups -OCH3 is 1. The zero-order valence-corrected chi connectivity index (χ0v) is 22.6. The molecule has 4 rings (SSSR count). The monoisotopic (exact) mass is 588 g/mol. The summed E-state index contributed by atoms with van der Waals surface area (Å²) in [5.41, 5.74) is -4.81. The molecule has 0 spiro atoms. The first kappa shape index (κ1) is 29.6. The molecule has 0 bridgehead atoms. The molecule has 1 heterocycles. The summed E-state index contributed by atoms with van der Waals surface area (Å²) in [5, 5.41) is -0.888. The summed E-state index contributed by atoms with van der Waals surface area (Å²) in [6.07, 6.45) is -4.93. The van der Waals surface area contributed by atoms with Gasteiger partial charge in [0, 0.05) is 21.7 Å². The van der Waals surface area contributed by atoms with Gasteiger partial charge in [-0.25, -0.2) is 13.6 Å². The number of nitrogens with zero attached hydrogens (tertiary/aromatic N) is 3.